The van der Waals surface area contributed by atoms with Gasteiger partial charge in [0.25, 0.3) is 0 Å². The molecule has 0 saturated carbocycles. The number of carbonyl (C=O) groups is 2. The van der Waals surface area contributed by atoms with E-state index in [9.17, 15) is 9.59 Å². The Labute approximate surface area is 91.3 Å². The lowest BCUT2D eigenvalue weighted by molar-refractivity contribution is -0.132. The molecule has 2 aromatic carbocycles. The molecule has 2 aromatic rings. The van der Waals surface area contributed by atoms with Crippen LogP contribution >= 0.6 is 0 Å². The number of rotatable bonds is 0. The molecule has 16 heavy (non-hydrogen) atoms. The Bertz CT molecular complexity index is 569. The first-order chi connectivity index (χ1) is 7.75. The van der Waals surface area contributed by atoms with Crippen LogP contribution in [0, 0.1) is 0 Å². The van der Waals surface area contributed by atoms with Crippen LogP contribution in [-0.2, 0) is 9.59 Å². The SMILES string of the molecule is O=C1Nc2cccc3cccc(c23)NC1=O. The summed E-state index contributed by atoms with van der Waals surface area (Å²) >= 11 is 0. The number of carbonyl (C=O) groups excluding carboxylic acids is 2. The standard InChI is InChI=1S/C12H8N2O2/c15-11-12(16)14-9-6-2-4-7-3-1-5-8(13-11)10(7)9/h1-6H,(H,13,15)(H,14,16). The van der Waals surface area contributed by atoms with E-state index in [0.29, 0.717) is 11.4 Å². The molecular weight excluding hydrogens is 204 g/mol. The van der Waals surface area contributed by atoms with Crippen LogP contribution in [0.4, 0.5) is 11.4 Å². The fraction of sp³-hybridized carbons (Fsp3) is 0. The minimum absolute atomic E-state index is 0.635. The van der Waals surface area contributed by atoms with Crippen molar-refractivity contribution in [3.05, 3.63) is 36.4 Å². The van der Waals surface area contributed by atoms with Gasteiger partial charge in [-0.2, -0.15) is 0 Å². The Hall–Kier alpha value is -2.36. The molecular formula is C12H8N2O2. The second-order valence-electron chi connectivity index (χ2n) is 3.62. The average molecular weight is 212 g/mol. The van der Waals surface area contributed by atoms with E-state index in [1.54, 1.807) is 12.1 Å². The maximum absolute atomic E-state index is 11.4. The largest absolute Gasteiger partial charge is 0.317 e. The minimum Gasteiger partial charge on any atom is -0.317 e. The maximum atomic E-state index is 11.4. The van der Waals surface area contributed by atoms with Gasteiger partial charge in [-0.1, -0.05) is 24.3 Å². The lowest BCUT2D eigenvalue weighted by Gasteiger charge is -2.06. The molecule has 4 heteroatoms. The molecule has 3 rings (SSSR count). The van der Waals surface area contributed by atoms with Crippen molar-refractivity contribution in [1.82, 2.24) is 0 Å². The molecule has 0 aliphatic carbocycles. The van der Waals surface area contributed by atoms with Crippen molar-refractivity contribution < 1.29 is 9.59 Å². The first-order valence-corrected chi connectivity index (χ1v) is 4.90. The van der Waals surface area contributed by atoms with Crippen LogP contribution in [0.15, 0.2) is 36.4 Å². The molecule has 0 fully saturated rings. The van der Waals surface area contributed by atoms with Crippen molar-refractivity contribution in [1.29, 1.82) is 0 Å². The van der Waals surface area contributed by atoms with Crippen LogP contribution in [0.2, 0.25) is 0 Å². The topological polar surface area (TPSA) is 58.2 Å². The summed E-state index contributed by atoms with van der Waals surface area (Å²) in [5.74, 6) is -1.27. The number of amides is 2. The Kier molecular flexibility index (Phi) is 1.71. The lowest BCUT2D eigenvalue weighted by Crippen LogP contribution is -2.26. The van der Waals surface area contributed by atoms with Crippen molar-refractivity contribution in [2.75, 3.05) is 10.6 Å². The number of anilines is 2. The maximum Gasteiger partial charge on any atom is 0.314 e. The second kappa shape index (κ2) is 3.06. The van der Waals surface area contributed by atoms with Crippen LogP contribution < -0.4 is 10.6 Å². The van der Waals surface area contributed by atoms with Gasteiger partial charge in [-0.15, -0.1) is 0 Å². The minimum atomic E-state index is -0.635. The number of benzene rings is 2. The van der Waals surface area contributed by atoms with Crippen molar-refractivity contribution in [3.63, 3.8) is 0 Å². The zero-order valence-corrected chi connectivity index (χ0v) is 8.28. The molecule has 0 radical (unpaired) electrons. The number of hydrogen-bond donors (Lipinski definition) is 2. The van der Waals surface area contributed by atoms with Crippen LogP contribution in [0.25, 0.3) is 10.8 Å². The van der Waals surface area contributed by atoms with Gasteiger partial charge in [-0.05, 0) is 17.5 Å². The van der Waals surface area contributed by atoms with Crippen LogP contribution in [-0.4, -0.2) is 11.8 Å². The molecule has 1 aliphatic rings. The van der Waals surface area contributed by atoms with E-state index >= 15 is 0 Å². The molecule has 0 atom stereocenters. The normalized spacial score (nSPS) is 14.2. The third-order valence-corrected chi connectivity index (χ3v) is 2.61. The third-order valence-electron chi connectivity index (χ3n) is 2.61. The Morgan fingerprint density at radius 1 is 0.750 bits per heavy atom. The van der Waals surface area contributed by atoms with Gasteiger partial charge < -0.3 is 10.6 Å². The molecule has 1 aliphatic heterocycles. The van der Waals surface area contributed by atoms with Crippen LogP contribution in [0.1, 0.15) is 0 Å². The molecule has 1 heterocycles. The van der Waals surface area contributed by atoms with E-state index in [2.05, 4.69) is 10.6 Å². The molecule has 2 N–H and O–H groups in total. The Morgan fingerprint density at radius 3 is 1.75 bits per heavy atom. The summed E-state index contributed by atoms with van der Waals surface area (Å²) in [5, 5.41) is 7.02. The third kappa shape index (κ3) is 1.16. The van der Waals surface area contributed by atoms with Gasteiger partial charge in [0, 0.05) is 5.39 Å². The van der Waals surface area contributed by atoms with E-state index < -0.39 is 11.8 Å². The van der Waals surface area contributed by atoms with E-state index in [1.807, 2.05) is 24.3 Å². The first kappa shape index (κ1) is 8.91. The van der Waals surface area contributed by atoms with Crippen molar-refractivity contribution in [3.8, 4) is 0 Å². The molecule has 0 unspecified atom stereocenters. The van der Waals surface area contributed by atoms with Crippen LogP contribution in [0.3, 0.4) is 0 Å². The van der Waals surface area contributed by atoms with E-state index in [1.165, 1.54) is 0 Å². The summed E-state index contributed by atoms with van der Waals surface area (Å²) in [6, 6.07) is 11.1. The Balaban J connectivity index is 2.39. The fourth-order valence-corrected chi connectivity index (χ4v) is 1.91. The van der Waals surface area contributed by atoms with Gasteiger partial charge in [0.05, 0.1) is 11.4 Å². The summed E-state index contributed by atoms with van der Waals surface area (Å²) in [4.78, 5) is 22.8. The molecule has 2 amide bonds. The van der Waals surface area contributed by atoms with Gasteiger partial charge in [0.1, 0.15) is 0 Å². The van der Waals surface area contributed by atoms with Crippen molar-refractivity contribution in [2.45, 2.75) is 0 Å². The van der Waals surface area contributed by atoms with Crippen molar-refractivity contribution in [2.24, 2.45) is 0 Å². The monoisotopic (exact) mass is 212 g/mol. The van der Waals surface area contributed by atoms with Gasteiger partial charge >= 0.3 is 11.8 Å². The lowest BCUT2D eigenvalue weighted by atomic mass is 10.1. The Morgan fingerprint density at radius 2 is 1.25 bits per heavy atom. The van der Waals surface area contributed by atoms with E-state index in [0.717, 1.165) is 10.8 Å². The van der Waals surface area contributed by atoms with Gasteiger partial charge in [-0.3, -0.25) is 9.59 Å². The summed E-state index contributed by atoms with van der Waals surface area (Å²) in [5.41, 5.74) is 1.33. The summed E-state index contributed by atoms with van der Waals surface area (Å²) in [7, 11) is 0. The molecule has 4 nitrogen and oxygen atoms in total. The fourth-order valence-electron chi connectivity index (χ4n) is 1.91. The summed E-state index contributed by atoms with van der Waals surface area (Å²) in [6.45, 7) is 0. The molecule has 78 valence electrons. The highest BCUT2D eigenvalue weighted by Gasteiger charge is 2.21. The molecule has 0 spiro atoms. The highest BCUT2D eigenvalue weighted by molar-refractivity contribution is 6.46. The zero-order chi connectivity index (χ0) is 11.1. The average Bonchev–Trinajstić information content (AvgIpc) is 2.40. The van der Waals surface area contributed by atoms with Crippen molar-refractivity contribution >= 4 is 34.0 Å². The van der Waals surface area contributed by atoms with Gasteiger partial charge in [-0.25, -0.2) is 0 Å². The second-order valence-corrected chi connectivity index (χ2v) is 3.62. The number of nitrogens with one attached hydrogen (secondary N) is 2. The first-order valence-electron chi connectivity index (χ1n) is 4.90. The predicted octanol–water partition coefficient (Wildman–Crippen LogP) is 1.73. The van der Waals surface area contributed by atoms with Gasteiger partial charge in [0.15, 0.2) is 0 Å². The highest BCUT2D eigenvalue weighted by atomic mass is 16.2. The zero-order valence-electron chi connectivity index (χ0n) is 8.28. The summed E-state index contributed by atoms with van der Waals surface area (Å²) in [6.07, 6.45) is 0. The summed E-state index contributed by atoms with van der Waals surface area (Å²) < 4.78 is 0. The van der Waals surface area contributed by atoms with E-state index in [-0.39, 0.29) is 0 Å². The number of hydrogen-bond acceptors (Lipinski definition) is 2. The van der Waals surface area contributed by atoms with Crippen LogP contribution in [0.5, 0.6) is 0 Å². The molecule has 0 saturated heterocycles. The smallest absolute Gasteiger partial charge is 0.314 e. The van der Waals surface area contributed by atoms with Gasteiger partial charge in [0.2, 0.25) is 0 Å². The highest BCUT2D eigenvalue weighted by Crippen LogP contribution is 2.32. The predicted molar refractivity (Wildman–Crippen MR) is 61.2 cm³/mol. The molecule has 0 aromatic heterocycles. The molecule has 0 bridgehead atoms. The van der Waals surface area contributed by atoms with E-state index in [4.69, 9.17) is 0 Å². The quantitative estimate of drug-likeness (QED) is 0.653.